The molecule has 1 saturated heterocycles. The van der Waals surface area contributed by atoms with Crippen molar-refractivity contribution in [1.82, 2.24) is 5.32 Å². The molecule has 0 aromatic heterocycles. The summed E-state index contributed by atoms with van der Waals surface area (Å²) in [5.41, 5.74) is 4.90. The normalized spacial score (nSPS) is 13.3. The number of anilines is 2. The van der Waals surface area contributed by atoms with Crippen LogP contribution < -0.4 is 15.5 Å². The van der Waals surface area contributed by atoms with Crippen molar-refractivity contribution >= 4 is 29.2 Å². The first-order valence-corrected chi connectivity index (χ1v) is 11.4. The lowest BCUT2D eigenvalue weighted by molar-refractivity contribution is 0.102. The highest BCUT2D eigenvalue weighted by atomic mass is 16.4. The summed E-state index contributed by atoms with van der Waals surface area (Å²) in [5, 5.41) is 22.4. The molecule has 3 aromatic rings. The number of hydrogen-bond donors (Lipinski definition) is 4. The van der Waals surface area contributed by atoms with E-state index in [0.29, 0.717) is 16.8 Å². The van der Waals surface area contributed by atoms with Crippen molar-refractivity contribution in [2.24, 2.45) is 0 Å². The SMILES string of the molecule is Cc1cc(NC(=O)c2cccc(N3CCCCC3)c2)c(C(=N)NC(=O)O)cc1-c1ccccc1. The van der Waals surface area contributed by atoms with Gasteiger partial charge < -0.3 is 15.3 Å². The summed E-state index contributed by atoms with van der Waals surface area (Å²) < 4.78 is 0. The molecule has 0 aliphatic carbocycles. The van der Waals surface area contributed by atoms with Gasteiger partial charge in [-0.1, -0.05) is 36.4 Å². The van der Waals surface area contributed by atoms with E-state index in [1.165, 1.54) is 6.42 Å². The first-order chi connectivity index (χ1) is 16.4. The highest BCUT2D eigenvalue weighted by Gasteiger charge is 2.18. The minimum atomic E-state index is -1.33. The Bertz CT molecular complexity index is 1220. The van der Waals surface area contributed by atoms with E-state index >= 15 is 0 Å². The number of amides is 2. The van der Waals surface area contributed by atoms with E-state index in [9.17, 15) is 9.59 Å². The molecule has 4 N–H and O–H groups in total. The first kappa shape index (κ1) is 23.0. The lowest BCUT2D eigenvalue weighted by atomic mass is 9.96. The smallest absolute Gasteiger partial charge is 0.410 e. The van der Waals surface area contributed by atoms with Crippen molar-refractivity contribution in [3.05, 3.63) is 83.4 Å². The largest absolute Gasteiger partial charge is 0.465 e. The molecule has 7 heteroatoms. The maximum atomic E-state index is 13.2. The molecule has 0 saturated carbocycles. The van der Waals surface area contributed by atoms with E-state index < -0.39 is 6.09 Å². The van der Waals surface area contributed by atoms with E-state index in [-0.39, 0.29) is 11.7 Å². The van der Waals surface area contributed by atoms with Gasteiger partial charge in [-0.25, -0.2) is 4.79 Å². The van der Waals surface area contributed by atoms with Crippen LogP contribution in [0.2, 0.25) is 0 Å². The van der Waals surface area contributed by atoms with Gasteiger partial charge in [0.2, 0.25) is 0 Å². The number of benzene rings is 3. The molecule has 0 spiro atoms. The van der Waals surface area contributed by atoms with Crippen LogP contribution in [0.15, 0.2) is 66.7 Å². The molecule has 1 heterocycles. The van der Waals surface area contributed by atoms with Crippen molar-refractivity contribution < 1.29 is 14.7 Å². The van der Waals surface area contributed by atoms with Crippen LogP contribution in [0.4, 0.5) is 16.2 Å². The van der Waals surface area contributed by atoms with Gasteiger partial charge in [0.15, 0.2) is 0 Å². The van der Waals surface area contributed by atoms with Crippen LogP contribution >= 0.6 is 0 Å². The number of hydrogen-bond acceptors (Lipinski definition) is 4. The van der Waals surface area contributed by atoms with Crippen molar-refractivity contribution in [2.45, 2.75) is 26.2 Å². The molecule has 34 heavy (non-hydrogen) atoms. The number of aryl methyl sites for hydroxylation is 1. The second-order valence-electron chi connectivity index (χ2n) is 8.44. The first-order valence-electron chi connectivity index (χ1n) is 11.4. The molecule has 2 amide bonds. The zero-order valence-corrected chi connectivity index (χ0v) is 19.1. The van der Waals surface area contributed by atoms with Gasteiger partial charge in [-0.3, -0.25) is 15.5 Å². The highest BCUT2D eigenvalue weighted by Crippen LogP contribution is 2.30. The summed E-state index contributed by atoms with van der Waals surface area (Å²) in [6, 6.07) is 20.7. The van der Waals surface area contributed by atoms with Crippen LogP contribution in [-0.4, -0.2) is 36.0 Å². The van der Waals surface area contributed by atoms with Crippen molar-refractivity contribution in [3.63, 3.8) is 0 Å². The Hall–Kier alpha value is -4.13. The summed E-state index contributed by atoms with van der Waals surface area (Å²) >= 11 is 0. The molecule has 0 bridgehead atoms. The molecule has 7 nitrogen and oxygen atoms in total. The second-order valence-corrected chi connectivity index (χ2v) is 8.44. The van der Waals surface area contributed by atoms with Gasteiger partial charge in [-0.2, -0.15) is 0 Å². The topological polar surface area (TPSA) is 106 Å². The summed E-state index contributed by atoms with van der Waals surface area (Å²) in [7, 11) is 0. The summed E-state index contributed by atoms with van der Waals surface area (Å²) in [6.45, 7) is 3.88. The lowest BCUT2D eigenvalue weighted by Crippen LogP contribution is -2.30. The van der Waals surface area contributed by atoms with Gasteiger partial charge in [-0.15, -0.1) is 0 Å². The predicted octanol–water partition coefficient (Wildman–Crippen LogP) is 5.50. The fourth-order valence-corrected chi connectivity index (χ4v) is 4.31. The average molecular weight is 457 g/mol. The number of amidine groups is 1. The van der Waals surface area contributed by atoms with E-state index in [1.807, 2.05) is 55.5 Å². The minimum Gasteiger partial charge on any atom is -0.465 e. The Labute approximate surface area is 198 Å². The predicted molar refractivity (Wildman–Crippen MR) is 135 cm³/mol. The van der Waals surface area contributed by atoms with Crippen LogP contribution in [0, 0.1) is 12.3 Å². The maximum Gasteiger partial charge on any atom is 0.410 e. The van der Waals surface area contributed by atoms with Gasteiger partial charge in [0, 0.05) is 29.9 Å². The number of rotatable bonds is 5. The van der Waals surface area contributed by atoms with Crippen molar-refractivity contribution in [2.75, 3.05) is 23.3 Å². The van der Waals surface area contributed by atoms with Crippen LogP contribution in [0.1, 0.15) is 40.7 Å². The zero-order valence-electron chi connectivity index (χ0n) is 19.1. The van der Waals surface area contributed by atoms with Crippen LogP contribution in [0.3, 0.4) is 0 Å². The fourth-order valence-electron chi connectivity index (χ4n) is 4.31. The van der Waals surface area contributed by atoms with Gasteiger partial charge in [-0.05, 0) is 73.2 Å². The van der Waals surface area contributed by atoms with Crippen LogP contribution in [0.25, 0.3) is 11.1 Å². The molecule has 1 aliphatic heterocycles. The maximum absolute atomic E-state index is 13.2. The highest BCUT2D eigenvalue weighted by molar-refractivity contribution is 6.13. The fraction of sp³-hybridized carbons (Fsp3) is 0.222. The van der Waals surface area contributed by atoms with Gasteiger partial charge >= 0.3 is 6.09 Å². The third-order valence-electron chi connectivity index (χ3n) is 6.03. The quantitative estimate of drug-likeness (QED) is 0.301. The third-order valence-corrected chi connectivity index (χ3v) is 6.03. The monoisotopic (exact) mass is 456 g/mol. The molecule has 1 fully saturated rings. The zero-order chi connectivity index (χ0) is 24.1. The number of nitrogens with zero attached hydrogens (tertiary/aromatic N) is 1. The molecule has 0 atom stereocenters. The van der Waals surface area contributed by atoms with Gasteiger partial charge in [0.05, 0.1) is 5.69 Å². The molecule has 0 radical (unpaired) electrons. The Morgan fingerprint density at radius 3 is 2.38 bits per heavy atom. The number of carboxylic acid groups (broad SMARTS) is 1. The Kier molecular flexibility index (Phi) is 6.92. The Balaban J connectivity index is 1.66. The molecule has 4 rings (SSSR count). The minimum absolute atomic E-state index is 0.299. The molecular formula is C27H28N4O3. The second kappa shape index (κ2) is 10.2. The van der Waals surface area contributed by atoms with E-state index in [2.05, 4.69) is 15.5 Å². The summed E-state index contributed by atoms with van der Waals surface area (Å²) in [4.78, 5) is 26.7. The molecule has 3 aromatic carbocycles. The Morgan fingerprint density at radius 2 is 1.68 bits per heavy atom. The van der Waals surface area contributed by atoms with E-state index in [1.54, 1.807) is 18.2 Å². The molecule has 174 valence electrons. The third kappa shape index (κ3) is 5.26. The van der Waals surface area contributed by atoms with Gasteiger partial charge in [0.1, 0.15) is 5.84 Å². The summed E-state index contributed by atoms with van der Waals surface area (Å²) in [6.07, 6.45) is 2.18. The Morgan fingerprint density at radius 1 is 0.941 bits per heavy atom. The van der Waals surface area contributed by atoms with E-state index in [4.69, 9.17) is 10.5 Å². The number of carbonyl (C=O) groups excluding carboxylic acids is 1. The number of nitrogens with one attached hydrogen (secondary N) is 3. The molecular weight excluding hydrogens is 428 g/mol. The summed E-state index contributed by atoms with van der Waals surface area (Å²) in [5.74, 6) is -0.614. The number of piperidine rings is 1. The van der Waals surface area contributed by atoms with Gasteiger partial charge in [0.25, 0.3) is 5.91 Å². The van der Waals surface area contributed by atoms with Crippen LogP contribution in [0.5, 0.6) is 0 Å². The molecule has 0 unspecified atom stereocenters. The van der Waals surface area contributed by atoms with Crippen LogP contribution in [-0.2, 0) is 0 Å². The lowest BCUT2D eigenvalue weighted by Gasteiger charge is -2.29. The standard InChI is InChI=1S/C27H28N4O3/c1-18-15-24(23(25(28)30-27(33)34)17-22(18)19-9-4-2-5-10-19)29-26(32)20-11-8-12-21(16-20)31-13-6-3-7-14-31/h2,4-5,8-12,15-17H,3,6-7,13-14H2,1H3,(H2,28,30)(H,29,32)(H,33,34). The van der Waals surface area contributed by atoms with Crippen molar-refractivity contribution in [1.29, 1.82) is 5.41 Å². The number of carbonyl (C=O) groups is 2. The average Bonchev–Trinajstić information content (AvgIpc) is 2.85. The van der Waals surface area contributed by atoms with Crippen molar-refractivity contribution in [3.8, 4) is 11.1 Å². The van der Waals surface area contributed by atoms with E-state index in [0.717, 1.165) is 48.3 Å². The molecule has 1 aliphatic rings.